The number of hydrogen-bond donors (Lipinski definition) is 0. The van der Waals surface area contributed by atoms with Crippen LogP contribution in [0.25, 0.3) is 0 Å². The minimum atomic E-state index is 0. The van der Waals surface area contributed by atoms with Crippen molar-refractivity contribution in [2.45, 2.75) is 0 Å². The number of halogens is 2. The summed E-state index contributed by atoms with van der Waals surface area (Å²) in [6.07, 6.45) is 19.0. The van der Waals surface area contributed by atoms with E-state index in [0.29, 0.717) is 0 Å². The van der Waals surface area contributed by atoms with Gasteiger partial charge in [0, 0.05) is 48.7 Å². The Hall–Kier alpha value is -0.742. The van der Waals surface area contributed by atoms with Gasteiger partial charge >= 0.3 is 0 Å². The fourth-order valence-electron chi connectivity index (χ4n) is 1.46. The van der Waals surface area contributed by atoms with E-state index in [4.69, 9.17) is 0 Å². The summed E-state index contributed by atoms with van der Waals surface area (Å²) in [4.78, 5) is 0. The van der Waals surface area contributed by atoms with Gasteiger partial charge in [0.05, 0.1) is 6.08 Å². The van der Waals surface area contributed by atoms with E-state index >= 15 is 0 Å². The molecule has 3 heteroatoms. The van der Waals surface area contributed by atoms with E-state index in [2.05, 4.69) is 17.9 Å². The molecule has 0 saturated heterocycles. The molecule has 0 bridgehead atoms. The predicted molar refractivity (Wildman–Crippen MR) is 81.1 cm³/mol. The van der Waals surface area contributed by atoms with Crippen molar-refractivity contribution < 1.29 is 34.0 Å². The molecule has 0 saturated carbocycles. The van der Waals surface area contributed by atoms with E-state index in [1.165, 1.54) is 0 Å². The quantitative estimate of drug-likeness (QED) is 0.229. The molecule has 0 atom stereocenters. The number of benzene rings is 1. The molecule has 21 heavy (non-hydrogen) atoms. The van der Waals surface area contributed by atoms with Crippen molar-refractivity contribution in [2.75, 3.05) is 0 Å². The van der Waals surface area contributed by atoms with Crippen molar-refractivity contribution in [3.05, 3.63) is 108 Å². The Bertz CT molecular complexity index is 533. The molecule has 2 aliphatic carbocycles. The minimum Gasteiger partial charge on any atom is -1.00 e. The van der Waals surface area contributed by atoms with Gasteiger partial charge in [-0.05, 0) is 11.6 Å². The van der Waals surface area contributed by atoms with Crippen LogP contribution in [0, 0.1) is 18.6 Å². The fourth-order valence-corrected chi connectivity index (χ4v) is 1.46. The van der Waals surface area contributed by atoms with Crippen molar-refractivity contribution in [1.82, 2.24) is 0 Å². The summed E-state index contributed by atoms with van der Waals surface area (Å²) in [6.45, 7) is 0. The molecule has 0 heterocycles. The van der Waals surface area contributed by atoms with Gasteiger partial charge in [-0.15, -0.1) is 12.2 Å². The Morgan fingerprint density at radius 1 is 1.00 bits per heavy atom. The first-order valence-corrected chi connectivity index (χ1v) is 5.82. The monoisotopic (exact) mass is 508 g/mol. The molecule has 0 aliphatic heterocycles. The van der Waals surface area contributed by atoms with Crippen molar-refractivity contribution in [3.63, 3.8) is 0 Å². The molecule has 106 valence electrons. The molecule has 1 aromatic rings. The number of allylic oxidation sites excluding steroid dienone is 9. The first kappa shape index (κ1) is 22.5. The summed E-state index contributed by atoms with van der Waals surface area (Å²) in [7, 11) is 0. The molecule has 0 nitrogen and oxygen atoms in total. The molecule has 3 rings (SSSR count). The largest absolute Gasteiger partial charge is 1.00 e. The Balaban J connectivity index is 0. The van der Waals surface area contributed by atoms with Crippen LogP contribution in [-0.2, 0) is 0 Å². The van der Waals surface area contributed by atoms with Crippen LogP contribution in [0.15, 0.2) is 89.7 Å². The Morgan fingerprint density at radius 3 is 2.19 bits per heavy atom. The molecular weight excluding hydrogens is 498 g/mol. The predicted octanol–water partition coefficient (Wildman–Crippen LogP) is -2.19. The Morgan fingerprint density at radius 2 is 1.76 bits per heavy atom. The van der Waals surface area contributed by atoms with E-state index in [1.807, 2.05) is 79.3 Å². The maximum atomic E-state index is 3.15. The average molecular weight is 511 g/mol. The average Bonchev–Trinajstić information content (AvgIpc) is 2.51. The van der Waals surface area contributed by atoms with E-state index in [1.54, 1.807) is 0 Å². The topological polar surface area (TPSA) is 0 Å². The second-order valence-electron chi connectivity index (χ2n) is 3.63. The van der Waals surface area contributed by atoms with Crippen LogP contribution in [0.1, 0.15) is 0 Å². The van der Waals surface area contributed by atoms with Gasteiger partial charge in [0.2, 0.25) is 0 Å². The van der Waals surface area contributed by atoms with Crippen molar-refractivity contribution in [2.24, 2.45) is 0 Å². The van der Waals surface area contributed by atoms with Crippen LogP contribution in [-0.4, -0.2) is 24.4 Å². The van der Waals surface area contributed by atoms with Crippen LogP contribution >= 0.6 is 0 Å². The summed E-state index contributed by atoms with van der Waals surface area (Å²) in [5.41, 5.74) is 5.34. The van der Waals surface area contributed by atoms with E-state index in [0.717, 1.165) is 11.1 Å². The van der Waals surface area contributed by atoms with Crippen molar-refractivity contribution in [3.8, 4) is 0 Å². The maximum Gasteiger partial charge on any atom is 0.137 e. The SMILES string of the molecule is C1=C[CH-]C=CC=1C1=CC=CC=[C+]1.[Br-].[Br-].[Sb].[c]1ccccc1. The molecule has 0 N–H and O–H groups in total. The van der Waals surface area contributed by atoms with Gasteiger partial charge in [-0.3, -0.25) is 0 Å². The molecule has 2 aliphatic rings. The molecule has 4 radical (unpaired) electrons. The van der Waals surface area contributed by atoms with Gasteiger partial charge < -0.3 is 34.0 Å². The molecule has 0 fully saturated rings. The zero-order valence-electron chi connectivity index (χ0n) is 11.2. The summed E-state index contributed by atoms with van der Waals surface area (Å²) in [6, 6.07) is 12.5. The summed E-state index contributed by atoms with van der Waals surface area (Å²) >= 11 is 0. The third kappa shape index (κ3) is 8.99. The van der Waals surface area contributed by atoms with E-state index in [9.17, 15) is 0 Å². The molecule has 1 aromatic carbocycles. The number of hydrogen-bond acceptors (Lipinski definition) is 0. The first-order chi connectivity index (χ1) is 8.97. The van der Waals surface area contributed by atoms with Gasteiger partial charge in [0.1, 0.15) is 5.57 Å². The van der Waals surface area contributed by atoms with Gasteiger partial charge in [-0.2, -0.15) is 12.5 Å². The summed E-state index contributed by atoms with van der Waals surface area (Å²) in [5, 5.41) is 0. The standard InChI is InChI=1S/C12H8.C6H5.2BrH.Sb/c1-3-7-11(8-4-1)12-9-5-2-6-10-12;1-2-4-6-5-3-1;;;/h1-7,9H;1-5H;2*1H;/p-2. The van der Waals surface area contributed by atoms with Gasteiger partial charge in [0.15, 0.2) is 0 Å². The van der Waals surface area contributed by atoms with Crippen LogP contribution in [0.2, 0.25) is 0 Å². The third-order valence-corrected chi connectivity index (χ3v) is 2.32. The van der Waals surface area contributed by atoms with Gasteiger partial charge in [-0.1, -0.05) is 30.3 Å². The normalized spacial score (nSPS) is 12.6. The smallest absolute Gasteiger partial charge is 0.137 e. The molecule has 0 amide bonds. The fraction of sp³-hybridized carbons (Fsp3) is 0. The third-order valence-electron chi connectivity index (χ3n) is 2.32. The second-order valence-corrected chi connectivity index (χ2v) is 3.63. The van der Waals surface area contributed by atoms with Crippen LogP contribution in [0.4, 0.5) is 0 Å². The van der Waals surface area contributed by atoms with Crippen LogP contribution < -0.4 is 34.0 Å². The molecular formula is C18H13Br2Sb-2. The Labute approximate surface area is 165 Å². The minimum absolute atomic E-state index is 0. The summed E-state index contributed by atoms with van der Waals surface area (Å²) in [5.74, 6) is 0. The molecule has 0 aromatic heterocycles. The molecule has 0 spiro atoms. The summed E-state index contributed by atoms with van der Waals surface area (Å²) < 4.78 is 0. The van der Waals surface area contributed by atoms with Crippen LogP contribution in [0.3, 0.4) is 0 Å². The first-order valence-electron chi connectivity index (χ1n) is 5.82. The Kier molecular flexibility index (Phi) is 15.2. The zero-order chi connectivity index (χ0) is 12.5. The van der Waals surface area contributed by atoms with E-state index < -0.39 is 0 Å². The second kappa shape index (κ2) is 14.2. The van der Waals surface area contributed by atoms with Gasteiger partial charge in [-0.25, -0.2) is 5.73 Å². The van der Waals surface area contributed by atoms with Crippen molar-refractivity contribution in [1.29, 1.82) is 0 Å². The van der Waals surface area contributed by atoms with Gasteiger partial charge in [0.25, 0.3) is 0 Å². The van der Waals surface area contributed by atoms with Crippen LogP contribution in [0.5, 0.6) is 0 Å². The van der Waals surface area contributed by atoms with E-state index in [-0.39, 0.29) is 58.4 Å². The maximum absolute atomic E-state index is 3.15. The zero-order valence-corrected chi connectivity index (χ0v) is 16.9. The molecule has 0 unspecified atom stereocenters. The number of rotatable bonds is 1. The van der Waals surface area contributed by atoms with Crippen molar-refractivity contribution >= 4 is 24.4 Å².